The number of carbonyl (C=O) groups is 1. The van der Waals surface area contributed by atoms with Crippen LogP contribution in [0.25, 0.3) is 11.5 Å². The zero-order valence-corrected chi connectivity index (χ0v) is 8.36. The molecule has 2 aromatic heterocycles. The molecule has 82 valence electrons. The Morgan fingerprint density at radius 2 is 2.31 bits per heavy atom. The summed E-state index contributed by atoms with van der Waals surface area (Å²) in [4.78, 5) is 21.0. The summed E-state index contributed by atoms with van der Waals surface area (Å²) in [6.07, 6.45) is 1.41. The van der Waals surface area contributed by atoms with Crippen molar-refractivity contribution < 1.29 is 14.3 Å². The van der Waals surface area contributed by atoms with Gasteiger partial charge in [-0.25, -0.2) is 19.2 Å². The van der Waals surface area contributed by atoms with E-state index in [0.29, 0.717) is 5.69 Å². The molecule has 2 heterocycles. The summed E-state index contributed by atoms with van der Waals surface area (Å²) in [5.41, 5.74) is 0.255. The zero-order chi connectivity index (χ0) is 11.7. The fourth-order valence-electron chi connectivity index (χ4n) is 1.34. The molecule has 0 radical (unpaired) electrons. The molecular formula is C10H8FN3O2. The first-order valence-corrected chi connectivity index (χ1v) is 4.50. The normalized spacial score (nSPS) is 10.4. The van der Waals surface area contributed by atoms with Crippen molar-refractivity contribution in [2.24, 2.45) is 0 Å². The average Bonchev–Trinajstić information content (AvgIpc) is 2.61. The molecule has 0 saturated heterocycles. The number of nitrogens with zero attached hydrogens (tertiary/aromatic N) is 2. The number of rotatable bonds is 2. The van der Waals surface area contributed by atoms with E-state index in [9.17, 15) is 9.18 Å². The van der Waals surface area contributed by atoms with Crippen LogP contribution in [0, 0.1) is 12.7 Å². The summed E-state index contributed by atoms with van der Waals surface area (Å²) >= 11 is 0. The van der Waals surface area contributed by atoms with Crippen LogP contribution in [-0.4, -0.2) is 26.0 Å². The van der Waals surface area contributed by atoms with Gasteiger partial charge < -0.3 is 10.1 Å². The number of H-pyrrole nitrogens is 1. The molecule has 16 heavy (non-hydrogen) atoms. The minimum Gasteiger partial charge on any atom is -0.476 e. The molecule has 0 aliphatic heterocycles. The third kappa shape index (κ3) is 1.65. The Kier molecular flexibility index (Phi) is 2.40. The van der Waals surface area contributed by atoms with Gasteiger partial charge in [-0.3, -0.25) is 0 Å². The number of pyridine rings is 1. The smallest absolute Gasteiger partial charge is 0.356 e. The number of carboxylic acid groups (broad SMARTS) is 1. The highest BCUT2D eigenvalue weighted by Crippen LogP contribution is 2.18. The molecule has 0 atom stereocenters. The SMILES string of the molecule is Cc1[nH]c(-c2ncccc2F)nc1C(=O)O. The molecular weight excluding hydrogens is 213 g/mol. The predicted octanol–water partition coefficient (Wildman–Crippen LogP) is 1.62. The highest BCUT2D eigenvalue weighted by molar-refractivity contribution is 5.87. The summed E-state index contributed by atoms with van der Waals surface area (Å²) in [6.45, 7) is 1.56. The number of carboxylic acids is 1. The van der Waals surface area contributed by atoms with Crippen LogP contribution in [0.15, 0.2) is 18.3 Å². The Labute approximate surface area is 90.0 Å². The van der Waals surface area contributed by atoms with Crippen LogP contribution in [0.1, 0.15) is 16.2 Å². The standard InChI is InChI=1S/C10H8FN3O2/c1-5-7(10(15)16)14-9(13-5)8-6(11)3-2-4-12-8/h2-4H,1H3,(H,13,14)(H,15,16). The minimum absolute atomic E-state index is 0.0121. The van der Waals surface area contributed by atoms with Gasteiger partial charge in [0.1, 0.15) is 5.69 Å². The summed E-state index contributed by atoms with van der Waals surface area (Å²) in [5, 5.41) is 8.80. The molecule has 6 heteroatoms. The van der Waals surface area contributed by atoms with Gasteiger partial charge in [0.15, 0.2) is 17.3 Å². The van der Waals surface area contributed by atoms with Crippen molar-refractivity contribution in [1.29, 1.82) is 0 Å². The van der Waals surface area contributed by atoms with Crippen LogP contribution in [0.3, 0.4) is 0 Å². The third-order valence-corrected chi connectivity index (χ3v) is 2.07. The quantitative estimate of drug-likeness (QED) is 0.807. The van der Waals surface area contributed by atoms with Gasteiger partial charge in [0.2, 0.25) is 0 Å². The van der Waals surface area contributed by atoms with E-state index in [1.165, 1.54) is 18.3 Å². The molecule has 0 saturated carbocycles. The fraction of sp³-hybridized carbons (Fsp3) is 0.100. The lowest BCUT2D eigenvalue weighted by Crippen LogP contribution is -1.98. The summed E-state index contributed by atoms with van der Waals surface area (Å²) in [5.74, 6) is -1.59. The molecule has 0 bridgehead atoms. The van der Waals surface area contributed by atoms with Gasteiger partial charge in [-0.2, -0.15) is 0 Å². The van der Waals surface area contributed by atoms with Gasteiger partial charge in [0.05, 0.1) is 0 Å². The Balaban J connectivity index is 2.54. The van der Waals surface area contributed by atoms with E-state index < -0.39 is 11.8 Å². The molecule has 0 unspecified atom stereocenters. The molecule has 0 amide bonds. The van der Waals surface area contributed by atoms with E-state index in [1.54, 1.807) is 6.92 Å². The molecule has 0 aromatic carbocycles. The molecule has 0 spiro atoms. The van der Waals surface area contributed by atoms with E-state index in [1.807, 2.05) is 0 Å². The second kappa shape index (κ2) is 3.73. The van der Waals surface area contributed by atoms with E-state index in [-0.39, 0.29) is 17.2 Å². The molecule has 0 aliphatic rings. The highest BCUT2D eigenvalue weighted by atomic mass is 19.1. The van der Waals surface area contributed by atoms with E-state index in [4.69, 9.17) is 5.11 Å². The van der Waals surface area contributed by atoms with Crippen molar-refractivity contribution in [2.45, 2.75) is 6.92 Å². The van der Waals surface area contributed by atoms with E-state index in [0.717, 1.165) is 0 Å². The topological polar surface area (TPSA) is 78.9 Å². The summed E-state index contributed by atoms with van der Waals surface area (Å²) in [6, 6.07) is 2.69. The molecule has 5 nitrogen and oxygen atoms in total. The van der Waals surface area contributed by atoms with Gasteiger partial charge in [0, 0.05) is 11.9 Å². The van der Waals surface area contributed by atoms with Crippen LogP contribution in [-0.2, 0) is 0 Å². The number of aryl methyl sites for hydroxylation is 1. The third-order valence-electron chi connectivity index (χ3n) is 2.07. The molecule has 2 aromatic rings. The van der Waals surface area contributed by atoms with Crippen LogP contribution < -0.4 is 0 Å². The first kappa shape index (κ1) is 10.3. The summed E-state index contributed by atoms with van der Waals surface area (Å²) < 4.78 is 13.3. The highest BCUT2D eigenvalue weighted by Gasteiger charge is 2.16. The number of aromatic nitrogens is 3. The molecule has 2 N–H and O–H groups in total. The minimum atomic E-state index is -1.16. The lowest BCUT2D eigenvalue weighted by molar-refractivity contribution is 0.0690. The maximum atomic E-state index is 13.3. The van der Waals surface area contributed by atoms with Crippen molar-refractivity contribution in [1.82, 2.24) is 15.0 Å². The number of aromatic amines is 1. The molecule has 2 rings (SSSR count). The van der Waals surface area contributed by atoms with Crippen molar-refractivity contribution in [3.8, 4) is 11.5 Å². The Morgan fingerprint density at radius 3 is 2.88 bits per heavy atom. The maximum absolute atomic E-state index is 13.3. The van der Waals surface area contributed by atoms with Crippen molar-refractivity contribution in [3.63, 3.8) is 0 Å². The van der Waals surface area contributed by atoms with E-state index >= 15 is 0 Å². The van der Waals surface area contributed by atoms with Crippen LogP contribution in [0.2, 0.25) is 0 Å². The molecule has 0 fully saturated rings. The van der Waals surface area contributed by atoms with Crippen molar-refractivity contribution in [3.05, 3.63) is 35.5 Å². The number of nitrogens with one attached hydrogen (secondary N) is 1. The predicted molar refractivity (Wildman–Crippen MR) is 53.5 cm³/mol. The van der Waals surface area contributed by atoms with Gasteiger partial charge >= 0.3 is 5.97 Å². The number of hydrogen-bond donors (Lipinski definition) is 2. The summed E-state index contributed by atoms with van der Waals surface area (Å²) in [7, 11) is 0. The monoisotopic (exact) mass is 221 g/mol. The van der Waals surface area contributed by atoms with Crippen molar-refractivity contribution in [2.75, 3.05) is 0 Å². The first-order valence-electron chi connectivity index (χ1n) is 4.50. The molecule has 0 aliphatic carbocycles. The number of hydrogen-bond acceptors (Lipinski definition) is 3. The largest absolute Gasteiger partial charge is 0.476 e. The van der Waals surface area contributed by atoms with Crippen LogP contribution in [0.5, 0.6) is 0 Å². The van der Waals surface area contributed by atoms with Crippen LogP contribution in [0.4, 0.5) is 4.39 Å². The Morgan fingerprint density at radius 1 is 1.56 bits per heavy atom. The maximum Gasteiger partial charge on any atom is 0.356 e. The van der Waals surface area contributed by atoms with Gasteiger partial charge in [-0.15, -0.1) is 0 Å². The van der Waals surface area contributed by atoms with E-state index in [2.05, 4.69) is 15.0 Å². The first-order chi connectivity index (χ1) is 7.59. The second-order valence-electron chi connectivity index (χ2n) is 3.20. The Bertz CT molecular complexity index is 551. The lowest BCUT2D eigenvalue weighted by Gasteiger charge is -1.95. The Hall–Kier alpha value is -2.24. The van der Waals surface area contributed by atoms with Gasteiger partial charge in [0.25, 0.3) is 0 Å². The fourth-order valence-corrected chi connectivity index (χ4v) is 1.34. The van der Waals surface area contributed by atoms with Gasteiger partial charge in [-0.1, -0.05) is 0 Å². The number of aromatic carboxylic acids is 1. The zero-order valence-electron chi connectivity index (χ0n) is 8.36. The number of halogens is 1. The van der Waals surface area contributed by atoms with Gasteiger partial charge in [-0.05, 0) is 19.1 Å². The lowest BCUT2D eigenvalue weighted by atomic mass is 10.3. The second-order valence-corrected chi connectivity index (χ2v) is 3.20. The van der Waals surface area contributed by atoms with Crippen LogP contribution >= 0.6 is 0 Å². The number of imidazole rings is 1. The van der Waals surface area contributed by atoms with Crippen molar-refractivity contribution >= 4 is 5.97 Å². The average molecular weight is 221 g/mol.